The zero-order chi connectivity index (χ0) is 13.0. The molecule has 4 N–H and O–H groups in total. The second-order valence-electron chi connectivity index (χ2n) is 3.37. The molecule has 0 bridgehead atoms. The Hall–Kier alpha value is -1.70. The Balaban J connectivity index is 2.25. The van der Waals surface area contributed by atoms with Crippen molar-refractivity contribution in [2.45, 2.75) is 6.92 Å². The quantitative estimate of drug-likeness (QED) is 0.589. The van der Waals surface area contributed by atoms with Crippen molar-refractivity contribution < 1.29 is 0 Å². The van der Waals surface area contributed by atoms with Crippen LogP contribution in [0.2, 0.25) is 5.02 Å². The minimum absolute atomic E-state index is 0.497. The topological polar surface area (TPSA) is 88.2 Å². The minimum Gasteiger partial charge on any atom is -0.298 e. The average molecular weight is 283 g/mol. The van der Waals surface area contributed by atoms with Crippen molar-refractivity contribution in [2.24, 2.45) is 10.9 Å². The third-order valence-corrected chi connectivity index (χ3v) is 3.27. The molecule has 1 aromatic heterocycles. The van der Waals surface area contributed by atoms with Crippen molar-refractivity contribution in [1.82, 2.24) is 10.2 Å². The smallest absolute Gasteiger partial charge is 0.220 e. The Morgan fingerprint density at radius 2 is 2.00 bits per heavy atom. The first-order valence-corrected chi connectivity index (χ1v) is 6.25. The molecular formula is C10H11ClN6S. The zero-order valence-corrected chi connectivity index (χ0v) is 11.1. The number of nitrogen functional groups attached to an aromatic ring is 1. The fourth-order valence-corrected chi connectivity index (χ4v) is 1.88. The Morgan fingerprint density at radius 3 is 2.67 bits per heavy atom. The van der Waals surface area contributed by atoms with Gasteiger partial charge in [-0.25, -0.2) is 5.84 Å². The van der Waals surface area contributed by atoms with Gasteiger partial charge in [0.1, 0.15) is 0 Å². The van der Waals surface area contributed by atoms with Crippen LogP contribution in [0.4, 0.5) is 10.8 Å². The van der Waals surface area contributed by atoms with E-state index in [1.54, 1.807) is 12.1 Å². The first kappa shape index (κ1) is 12.7. The first-order valence-electron chi connectivity index (χ1n) is 5.05. The van der Waals surface area contributed by atoms with E-state index in [4.69, 9.17) is 17.4 Å². The summed E-state index contributed by atoms with van der Waals surface area (Å²) in [5.74, 6) is 5.27. The molecule has 0 aliphatic carbocycles. The van der Waals surface area contributed by atoms with E-state index in [0.717, 1.165) is 11.4 Å². The normalized spacial score (nSPS) is 11.4. The van der Waals surface area contributed by atoms with Gasteiger partial charge in [0, 0.05) is 5.02 Å². The van der Waals surface area contributed by atoms with E-state index in [-0.39, 0.29) is 0 Å². The molecule has 2 aromatic rings. The molecule has 18 heavy (non-hydrogen) atoms. The molecule has 8 heteroatoms. The molecule has 0 aliphatic rings. The molecule has 0 fully saturated rings. The second-order valence-corrected chi connectivity index (χ2v) is 4.79. The number of nitrogens with two attached hydrogens (primary N) is 1. The summed E-state index contributed by atoms with van der Waals surface area (Å²) >= 11 is 7.10. The SMILES string of the molecule is Cc1nnc(NN)s/c1=N\Nc1ccc(Cl)cc1. The number of benzene rings is 1. The number of hydrogen-bond acceptors (Lipinski definition) is 7. The number of aromatic nitrogens is 2. The van der Waals surface area contributed by atoms with Gasteiger partial charge in [-0.3, -0.25) is 10.9 Å². The average Bonchev–Trinajstić information content (AvgIpc) is 2.40. The third kappa shape index (κ3) is 3.16. The number of aryl methyl sites for hydroxylation is 1. The molecule has 0 saturated carbocycles. The number of hydrazine groups is 1. The van der Waals surface area contributed by atoms with Crippen LogP contribution in [-0.2, 0) is 0 Å². The van der Waals surface area contributed by atoms with E-state index in [0.29, 0.717) is 14.8 Å². The molecule has 0 aliphatic heterocycles. The van der Waals surface area contributed by atoms with E-state index in [2.05, 4.69) is 26.2 Å². The molecule has 0 unspecified atom stereocenters. The Morgan fingerprint density at radius 1 is 1.28 bits per heavy atom. The van der Waals surface area contributed by atoms with Crippen LogP contribution in [0.25, 0.3) is 0 Å². The largest absolute Gasteiger partial charge is 0.298 e. The van der Waals surface area contributed by atoms with Crippen molar-refractivity contribution in [3.8, 4) is 0 Å². The molecule has 0 amide bonds. The van der Waals surface area contributed by atoms with Gasteiger partial charge >= 0.3 is 0 Å². The Labute approximate surface area is 112 Å². The van der Waals surface area contributed by atoms with Crippen LogP contribution in [0.5, 0.6) is 0 Å². The summed E-state index contributed by atoms with van der Waals surface area (Å²) in [6.45, 7) is 1.83. The van der Waals surface area contributed by atoms with E-state index < -0.39 is 0 Å². The maximum atomic E-state index is 5.80. The van der Waals surface area contributed by atoms with Crippen molar-refractivity contribution in [3.63, 3.8) is 0 Å². The van der Waals surface area contributed by atoms with Gasteiger partial charge < -0.3 is 0 Å². The molecule has 0 spiro atoms. The van der Waals surface area contributed by atoms with E-state index in [1.807, 2.05) is 19.1 Å². The number of hydrogen-bond donors (Lipinski definition) is 3. The highest BCUT2D eigenvalue weighted by Crippen LogP contribution is 2.13. The van der Waals surface area contributed by atoms with Crippen LogP contribution in [0.3, 0.4) is 0 Å². The van der Waals surface area contributed by atoms with Crippen LogP contribution >= 0.6 is 22.9 Å². The number of halogens is 1. The van der Waals surface area contributed by atoms with Crippen molar-refractivity contribution in [2.75, 3.05) is 10.9 Å². The zero-order valence-electron chi connectivity index (χ0n) is 9.51. The lowest BCUT2D eigenvalue weighted by molar-refractivity contribution is 0.975. The molecule has 2 rings (SSSR count). The standard InChI is InChI=1S/C10H11ClN6S/c1-6-9(18-10(13-12)17-14-6)16-15-8-4-2-7(11)3-5-8/h2-5,15H,12H2,1H3,(H,13,17)/b16-9-. The highest BCUT2D eigenvalue weighted by molar-refractivity contribution is 7.12. The maximum absolute atomic E-state index is 5.80. The predicted octanol–water partition coefficient (Wildman–Crippen LogP) is 1.71. The number of nitrogens with one attached hydrogen (secondary N) is 2. The van der Waals surface area contributed by atoms with Gasteiger partial charge in [0.05, 0.1) is 11.4 Å². The lowest BCUT2D eigenvalue weighted by Gasteiger charge is -2.01. The molecular weight excluding hydrogens is 272 g/mol. The van der Waals surface area contributed by atoms with Crippen LogP contribution in [0.15, 0.2) is 29.4 Å². The summed E-state index contributed by atoms with van der Waals surface area (Å²) in [4.78, 5) is 0. The first-order chi connectivity index (χ1) is 8.69. The van der Waals surface area contributed by atoms with Crippen LogP contribution < -0.4 is 21.4 Å². The van der Waals surface area contributed by atoms with Gasteiger partial charge in [-0.2, -0.15) is 5.10 Å². The summed E-state index contributed by atoms with van der Waals surface area (Å²) in [7, 11) is 0. The summed E-state index contributed by atoms with van der Waals surface area (Å²) in [6.07, 6.45) is 0. The molecule has 94 valence electrons. The fraction of sp³-hybridized carbons (Fsp3) is 0.100. The van der Waals surface area contributed by atoms with Crippen molar-refractivity contribution in [1.29, 1.82) is 0 Å². The maximum Gasteiger partial charge on any atom is 0.220 e. The van der Waals surface area contributed by atoms with Gasteiger partial charge in [0.2, 0.25) is 5.13 Å². The summed E-state index contributed by atoms with van der Waals surface area (Å²) in [5, 5.41) is 13.2. The molecule has 0 atom stereocenters. The summed E-state index contributed by atoms with van der Waals surface area (Å²) < 4.78 is 0.702. The van der Waals surface area contributed by atoms with Gasteiger partial charge in [-0.15, -0.1) is 10.2 Å². The molecule has 1 aromatic carbocycles. The van der Waals surface area contributed by atoms with Crippen LogP contribution in [0.1, 0.15) is 5.69 Å². The van der Waals surface area contributed by atoms with E-state index >= 15 is 0 Å². The summed E-state index contributed by atoms with van der Waals surface area (Å²) in [5.41, 5.74) is 6.92. The highest BCUT2D eigenvalue weighted by Gasteiger charge is 1.98. The van der Waals surface area contributed by atoms with Crippen molar-refractivity contribution >= 4 is 33.8 Å². The molecule has 0 saturated heterocycles. The monoisotopic (exact) mass is 282 g/mol. The van der Waals surface area contributed by atoms with Crippen molar-refractivity contribution in [3.05, 3.63) is 39.7 Å². The number of rotatable bonds is 3. The second kappa shape index (κ2) is 5.76. The van der Waals surface area contributed by atoms with Gasteiger partial charge in [-0.05, 0) is 31.2 Å². The third-order valence-electron chi connectivity index (χ3n) is 2.05. The van der Waals surface area contributed by atoms with Gasteiger partial charge in [-0.1, -0.05) is 22.9 Å². The fourth-order valence-electron chi connectivity index (χ4n) is 1.15. The molecule has 0 radical (unpaired) electrons. The summed E-state index contributed by atoms with van der Waals surface area (Å²) in [6, 6.07) is 7.24. The number of nitrogens with zero attached hydrogens (tertiary/aromatic N) is 3. The Bertz CT molecular complexity index is 594. The molecule has 1 heterocycles. The van der Waals surface area contributed by atoms with E-state index in [9.17, 15) is 0 Å². The molecule has 6 nitrogen and oxygen atoms in total. The van der Waals surface area contributed by atoms with Crippen LogP contribution in [-0.4, -0.2) is 10.2 Å². The lowest BCUT2D eigenvalue weighted by atomic mass is 10.3. The highest BCUT2D eigenvalue weighted by atomic mass is 35.5. The Kier molecular flexibility index (Phi) is 4.08. The predicted molar refractivity (Wildman–Crippen MR) is 73.1 cm³/mol. The number of anilines is 2. The minimum atomic E-state index is 0.497. The van der Waals surface area contributed by atoms with Crippen LogP contribution in [0, 0.1) is 6.92 Å². The van der Waals surface area contributed by atoms with Gasteiger partial charge in [0.15, 0.2) is 4.67 Å². The van der Waals surface area contributed by atoms with Gasteiger partial charge in [0.25, 0.3) is 0 Å². The lowest BCUT2D eigenvalue weighted by Crippen LogP contribution is -2.14. The van der Waals surface area contributed by atoms with E-state index in [1.165, 1.54) is 11.3 Å².